The minimum atomic E-state index is -4.12. The van der Waals surface area contributed by atoms with Crippen LogP contribution < -0.4 is 9.04 Å². The predicted molar refractivity (Wildman–Crippen MR) is 113 cm³/mol. The Morgan fingerprint density at radius 3 is 2.21 bits per heavy atom. The van der Waals surface area contributed by atoms with Crippen molar-refractivity contribution >= 4 is 33.3 Å². The van der Waals surface area contributed by atoms with Gasteiger partial charge in [-0.15, -0.1) is 0 Å². The molecule has 0 amide bonds. The van der Waals surface area contributed by atoms with Crippen molar-refractivity contribution in [1.82, 2.24) is 4.90 Å². The van der Waals surface area contributed by atoms with Gasteiger partial charge in [-0.3, -0.25) is 4.31 Å². The second-order valence-electron chi connectivity index (χ2n) is 6.77. The predicted octanol–water partition coefficient (Wildman–Crippen LogP) is 3.34. The van der Waals surface area contributed by atoms with Crippen LogP contribution >= 0.6 is 11.6 Å². The second-order valence-corrected chi connectivity index (χ2v) is 9.02. The Bertz CT molecular complexity index is 915. The van der Waals surface area contributed by atoms with Gasteiger partial charge in [0, 0.05) is 11.6 Å². The van der Waals surface area contributed by atoms with E-state index in [0.717, 1.165) is 17.3 Å². The van der Waals surface area contributed by atoms with E-state index < -0.39 is 22.0 Å². The normalized spacial score (nSPS) is 12.6. The van der Waals surface area contributed by atoms with Crippen molar-refractivity contribution in [2.24, 2.45) is 0 Å². The number of hydrogen-bond donors (Lipinski definition) is 1. The topological polar surface area (TPSA) is 87.2 Å². The van der Waals surface area contributed by atoms with Gasteiger partial charge < -0.3 is 14.7 Å². The van der Waals surface area contributed by atoms with Crippen molar-refractivity contribution < 1.29 is 23.1 Å². The molecule has 1 unspecified atom stereocenters. The molecule has 1 atom stereocenters. The molecule has 0 spiro atoms. The van der Waals surface area contributed by atoms with Gasteiger partial charge in [0.1, 0.15) is 11.8 Å². The summed E-state index contributed by atoms with van der Waals surface area (Å²) in [6.45, 7) is 2.71. The van der Waals surface area contributed by atoms with E-state index in [9.17, 15) is 18.3 Å². The van der Waals surface area contributed by atoms with Gasteiger partial charge >= 0.3 is 5.97 Å². The van der Waals surface area contributed by atoms with Crippen molar-refractivity contribution in [3.8, 4) is 5.75 Å². The highest BCUT2D eigenvalue weighted by molar-refractivity contribution is 7.92. The fraction of sp³-hybridized carbons (Fsp3) is 0.350. The van der Waals surface area contributed by atoms with Crippen LogP contribution in [-0.4, -0.2) is 57.7 Å². The molecule has 2 aromatic carbocycles. The first kappa shape index (κ1) is 23.0. The summed E-state index contributed by atoms with van der Waals surface area (Å²) < 4.78 is 32.9. The number of carbonyl (C=O) groups is 1. The fourth-order valence-electron chi connectivity index (χ4n) is 2.65. The van der Waals surface area contributed by atoms with Gasteiger partial charge in [-0.25, -0.2) is 13.2 Å². The van der Waals surface area contributed by atoms with E-state index in [2.05, 4.69) is 0 Å². The van der Waals surface area contributed by atoms with Crippen molar-refractivity contribution in [3.63, 3.8) is 0 Å². The summed E-state index contributed by atoms with van der Waals surface area (Å²) in [7, 11) is -0.164. The smallest absolute Gasteiger partial charge is 0.327 e. The van der Waals surface area contributed by atoms with Gasteiger partial charge in [-0.05, 0) is 76.0 Å². The third-order valence-electron chi connectivity index (χ3n) is 4.19. The standard InChI is InChI=1S/C20H25ClN2O5S/c1-15(20(24)25)23(17-7-5-16(21)6-8-17)29(26,27)19-11-9-18(10-12-19)28-14-4-13-22(2)3/h5-12,15H,4,13-14H2,1-3H3,(H,24,25). The number of anilines is 1. The molecule has 0 aliphatic carbocycles. The maximum absolute atomic E-state index is 13.2. The van der Waals surface area contributed by atoms with Crippen LogP contribution in [0.25, 0.3) is 0 Å². The molecule has 29 heavy (non-hydrogen) atoms. The molecule has 0 aliphatic rings. The molecule has 0 fully saturated rings. The lowest BCUT2D eigenvalue weighted by atomic mass is 10.2. The van der Waals surface area contributed by atoms with Gasteiger partial charge in [-0.1, -0.05) is 11.6 Å². The average Bonchev–Trinajstić information content (AvgIpc) is 2.67. The number of benzene rings is 2. The number of nitrogens with zero attached hydrogens (tertiary/aromatic N) is 2. The van der Waals surface area contributed by atoms with Crippen molar-refractivity contribution in [1.29, 1.82) is 0 Å². The number of sulfonamides is 1. The zero-order valence-corrected chi connectivity index (χ0v) is 18.2. The third-order valence-corrected chi connectivity index (χ3v) is 6.35. The van der Waals surface area contributed by atoms with Gasteiger partial charge in [0.25, 0.3) is 10.0 Å². The van der Waals surface area contributed by atoms with Crippen LogP contribution in [0.15, 0.2) is 53.4 Å². The lowest BCUT2D eigenvalue weighted by Gasteiger charge is -2.28. The van der Waals surface area contributed by atoms with Crippen LogP contribution in [0.4, 0.5) is 5.69 Å². The lowest BCUT2D eigenvalue weighted by molar-refractivity contribution is -0.137. The van der Waals surface area contributed by atoms with E-state index in [1.165, 1.54) is 43.3 Å². The maximum Gasteiger partial charge on any atom is 0.327 e. The van der Waals surface area contributed by atoms with Gasteiger partial charge in [0.15, 0.2) is 0 Å². The molecule has 0 aromatic heterocycles. The molecule has 0 saturated heterocycles. The molecular formula is C20H25ClN2O5S. The first-order valence-corrected chi connectivity index (χ1v) is 10.8. The molecule has 0 bridgehead atoms. The Labute approximate surface area is 176 Å². The Morgan fingerprint density at radius 2 is 1.69 bits per heavy atom. The highest BCUT2D eigenvalue weighted by Gasteiger charge is 2.33. The Balaban J connectivity index is 2.26. The SMILES string of the molecule is CC(C(=O)O)N(c1ccc(Cl)cc1)S(=O)(=O)c1ccc(OCCCN(C)C)cc1. The molecule has 2 aromatic rings. The summed E-state index contributed by atoms with van der Waals surface area (Å²) in [6, 6.07) is 10.6. The minimum Gasteiger partial charge on any atom is -0.494 e. The first-order valence-electron chi connectivity index (χ1n) is 9.03. The monoisotopic (exact) mass is 440 g/mol. The first-order chi connectivity index (χ1) is 13.6. The summed E-state index contributed by atoms with van der Waals surface area (Å²) in [5.74, 6) is -0.712. The Kier molecular flexibility index (Phi) is 7.89. The molecule has 0 heterocycles. The zero-order chi connectivity index (χ0) is 21.6. The largest absolute Gasteiger partial charge is 0.494 e. The summed E-state index contributed by atoms with van der Waals surface area (Å²) >= 11 is 5.88. The molecule has 7 nitrogen and oxygen atoms in total. The molecular weight excluding hydrogens is 416 g/mol. The zero-order valence-electron chi connectivity index (χ0n) is 16.6. The number of ether oxygens (including phenoxy) is 1. The molecule has 158 valence electrons. The fourth-order valence-corrected chi connectivity index (χ4v) is 4.39. The Hall–Kier alpha value is -2.29. The van der Waals surface area contributed by atoms with Crippen LogP contribution in [0, 0.1) is 0 Å². The third kappa shape index (κ3) is 6.09. The van der Waals surface area contributed by atoms with Crippen LogP contribution in [0.3, 0.4) is 0 Å². The summed E-state index contributed by atoms with van der Waals surface area (Å²) in [5.41, 5.74) is 0.216. The lowest BCUT2D eigenvalue weighted by Crippen LogP contribution is -2.43. The number of halogens is 1. The number of carboxylic acid groups (broad SMARTS) is 1. The number of hydrogen-bond acceptors (Lipinski definition) is 5. The van der Waals surface area contributed by atoms with Crippen molar-refractivity contribution in [2.45, 2.75) is 24.3 Å². The van der Waals surface area contributed by atoms with Crippen molar-refractivity contribution in [3.05, 3.63) is 53.6 Å². The summed E-state index contributed by atoms with van der Waals surface area (Å²) in [4.78, 5) is 13.6. The average molecular weight is 441 g/mol. The van der Waals surface area contributed by atoms with E-state index in [0.29, 0.717) is 17.4 Å². The Morgan fingerprint density at radius 1 is 1.10 bits per heavy atom. The molecule has 0 radical (unpaired) electrons. The molecule has 2 rings (SSSR count). The number of aliphatic carboxylic acids is 1. The molecule has 9 heteroatoms. The highest BCUT2D eigenvalue weighted by atomic mass is 35.5. The van der Waals surface area contributed by atoms with E-state index >= 15 is 0 Å². The van der Waals surface area contributed by atoms with Crippen LogP contribution in [-0.2, 0) is 14.8 Å². The minimum absolute atomic E-state index is 0.0267. The van der Waals surface area contributed by atoms with Gasteiger partial charge in [0.05, 0.1) is 17.2 Å². The van der Waals surface area contributed by atoms with Crippen LogP contribution in [0.2, 0.25) is 5.02 Å². The van der Waals surface area contributed by atoms with Crippen molar-refractivity contribution in [2.75, 3.05) is 31.6 Å². The summed E-state index contributed by atoms with van der Waals surface area (Å²) in [5, 5.41) is 9.85. The summed E-state index contributed by atoms with van der Waals surface area (Å²) in [6.07, 6.45) is 0.841. The molecule has 1 N–H and O–H groups in total. The molecule has 0 saturated carbocycles. The van der Waals surface area contributed by atoms with Gasteiger partial charge in [-0.2, -0.15) is 0 Å². The number of carboxylic acids is 1. The van der Waals surface area contributed by atoms with Crippen LogP contribution in [0.5, 0.6) is 5.75 Å². The number of rotatable bonds is 10. The van der Waals surface area contributed by atoms with E-state index in [1.54, 1.807) is 12.1 Å². The molecule has 0 aliphatic heterocycles. The maximum atomic E-state index is 13.2. The second kappa shape index (κ2) is 9.96. The van der Waals surface area contributed by atoms with E-state index in [4.69, 9.17) is 16.3 Å². The highest BCUT2D eigenvalue weighted by Crippen LogP contribution is 2.28. The van der Waals surface area contributed by atoms with E-state index in [1.807, 2.05) is 19.0 Å². The van der Waals surface area contributed by atoms with Crippen LogP contribution in [0.1, 0.15) is 13.3 Å². The van der Waals surface area contributed by atoms with E-state index in [-0.39, 0.29) is 10.6 Å². The quantitative estimate of drug-likeness (QED) is 0.570. The van der Waals surface area contributed by atoms with Gasteiger partial charge in [0.2, 0.25) is 0 Å².